The van der Waals surface area contributed by atoms with Gasteiger partial charge in [0.2, 0.25) is 5.91 Å². The Morgan fingerprint density at radius 3 is 1.17 bits per heavy atom. The average molecular weight is 1070 g/mol. The van der Waals surface area contributed by atoms with Gasteiger partial charge in [-0.15, -0.1) is 0 Å². The molecule has 0 aliphatic carbocycles. The van der Waals surface area contributed by atoms with Crippen LogP contribution in [0.5, 0.6) is 0 Å². The molecule has 438 valence electrons. The summed E-state index contributed by atoms with van der Waals surface area (Å²) in [5, 5.41) is 14.0. The van der Waals surface area contributed by atoms with Crippen molar-refractivity contribution in [2.24, 2.45) is 0 Å². The van der Waals surface area contributed by atoms with Crippen LogP contribution in [-0.2, 0) is 18.4 Å². The third-order valence-corrected chi connectivity index (χ3v) is 15.2. The smallest absolute Gasteiger partial charge is 0.387 e. The monoisotopic (exact) mass is 1070 g/mol. The number of aliphatic hydroxyl groups excluding tert-OH is 1. The summed E-state index contributed by atoms with van der Waals surface area (Å²) in [4.78, 5) is 23.4. The lowest BCUT2D eigenvalue weighted by molar-refractivity contribution is -0.870. The van der Waals surface area contributed by atoms with Gasteiger partial charge in [-0.1, -0.05) is 292 Å². The van der Waals surface area contributed by atoms with E-state index in [1.54, 1.807) is 6.08 Å². The molecular weight excluding hydrogens is 948 g/mol. The standard InChI is InChI=1S/C66H123N2O6P/c1-6-8-10-12-14-16-18-20-22-24-26-28-30-32-34-36-38-40-42-44-46-48-50-52-54-56-58-60-66(70)67-64(63-74-75(71,72)73-62-61-68(3,4)5)65(69)59-57-55-53-51-49-47-45-43-41-39-37-35-33-31-29-27-25-23-21-19-17-15-13-11-9-7-2/h8,10,14,16,20,22,26,28,32,34,57,59,64-65,69H,6-7,9,11-13,15,17-19,21,23-25,27,29-31,33,35-56,58,60-63H2,1-5H3,(H-,67,70,71,72)/p+1/b10-8-,16-14-,22-20-,28-26-,34-32-,59-57+. The number of allylic oxidation sites excluding steroid dienone is 11. The SMILES string of the molecule is CC/C=C\C/C=C\C/C=C\C/C=C\C/C=C\CCCCCCCCCCCCCC(=O)NC(COP(=O)(O)OCC[N+](C)(C)C)C(O)/C=C/CCCCCCCCCCCCCCCCCCCCCCCCCC. The van der Waals surface area contributed by atoms with E-state index < -0.39 is 20.0 Å². The van der Waals surface area contributed by atoms with Gasteiger partial charge < -0.3 is 19.8 Å². The molecule has 0 radical (unpaired) electrons. The lowest BCUT2D eigenvalue weighted by Gasteiger charge is -2.25. The molecule has 1 amide bonds. The number of unbranched alkanes of at least 4 members (excludes halogenated alkanes) is 35. The average Bonchev–Trinajstić information content (AvgIpc) is 3.37. The van der Waals surface area contributed by atoms with Gasteiger partial charge in [0.25, 0.3) is 0 Å². The van der Waals surface area contributed by atoms with Crippen LogP contribution in [0.15, 0.2) is 72.9 Å². The Balaban J connectivity index is 4.16. The van der Waals surface area contributed by atoms with Crippen molar-refractivity contribution >= 4 is 13.7 Å². The number of quaternary nitrogens is 1. The fourth-order valence-electron chi connectivity index (χ4n) is 9.25. The maximum atomic E-state index is 13.0. The van der Waals surface area contributed by atoms with Crippen LogP contribution in [0.3, 0.4) is 0 Å². The number of amides is 1. The zero-order valence-electron chi connectivity index (χ0n) is 50.0. The molecule has 3 N–H and O–H groups in total. The Bertz CT molecular complexity index is 1450. The topological polar surface area (TPSA) is 105 Å². The molecule has 0 rings (SSSR count). The summed E-state index contributed by atoms with van der Waals surface area (Å²) in [6.07, 6.45) is 78.7. The van der Waals surface area contributed by atoms with E-state index in [9.17, 15) is 19.4 Å². The summed E-state index contributed by atoms with van der Waals surface area (Å²) in [6, 6.07) is -0.853. The number of aliphatic hydroxyl groups is 1. The molecular formula is C66H124N2O6P+. The number of phosphoric ester groups is 1. The van der Waals surface area contributed by atoms with Gasteiger partial charge in [0.05, 0.1) is 39.9 Å². The molecule has 0 saturated heterocycles. The number of likely N-dealkylation sites (N-methyl/N-ethyl adjacent to an activating group) is 1. The Kier molecular flexibility index (Phi) is 55.1. The molecule has 0 spiro atoms. The highest BCUT2D eigenvalue weighted by Gasteiger charge is 2.27. The van der Waals surface area contributed by atoms with Crippen molar-refractivity contribution in [3.05, 3.63) is 72.9 Å². The van der Waals surface area contributed by atoms with Crippen molar-refractivity contribution in [3.8, 4) is 0 Å². The summed E-state index contributed by atoms with van der Waals surface area (Å²) in [6.45, 7) is 4.73. The highest BCUT2D eigenvalue weighted by Crippen LogP contribution is 2.43. The Morgan fingerprint density at radius 2 is 0.800 bits per heavy atom. The lowest BCUT2D eigenvalue weighted by atomic mass is 10.0. The van der Waals surface area contributed by atoms with Gasteiger partial charge >= 0.3 is 7.82 Å². The molecule has 9 heteroatoms. The van der Waals surface area contributed by atoms with E-state index in [0.29, 0.717) is 17.4 Å². The number of carbonyl (C=O) groups is 1. The lowest BCUT2D eigenvalue weighted by Crippen LogP contribution is -2.45. The van der Waals surface area contributed by atoms with Gasteiger partial charge in [0, 0.05) is 6.42 Å². The zero-order chi connectivity index (χ0) is 54.9. The number of nitrogens with one attached hydrogen (secondary N) is 1. The van der Waals surface area contributed by atoms with Crippen LogP contribution in [-0.4, -0.2) is 73.4 Å². The second-order valence-corrected chi connectivity index (χ2v) is 24.2. The third-order valence-electron chi connectivity index (χ3n) is 14.2. The van der Waals surface area contributed by atoms with Gasteiger partial charge in [-0.25, -0.2) is 4.57 Å². The predicted octanol–water partition coefficient (Wildman–Crippen LogP) is 19.8. The quantitative estimate of drug-likeness (QED) is 0.0243. The number of rotatable bonds is 58. The number of phosphoric acid groups is 1. The molecule has 0 aliphatic heterocycles. The number of hydrogen-bond acceptors (Lipinski definition) is 5. The molecule has 0 heterocycles. The molecule has 0 aromatic heterocycles. The molecule has 8 nitrogen and oxygen atoms in total. The summed E-state index contributed by atoms with van der Waals surface area (Å²) in [5.41, 5.74) is 0. The first kappa shape index (κ1) is 72.9. The van der Waals surface area contributed by atoms with E-state index in [-0.39, 0.29) is 19.1 Å². The first-order chi connectivity index (χ1) is 36.5. The fourth-order valence-corrected chi connectivity index (χ4v) is 9.98. The minimum atomic E-state index is -4.36. The molecule has 0 fully saturated rings. The number of nitrogens with zero attached hydrogens (tertiary/aromatic N) is 1. The Labute approximate surface area is 465 Å². The van der Waals surface area contributed by atoms with Crippen LogP contribution in [0.4, 0.5) is 0 Å². The minimum Gasteiger partial charge on any atom is -0.387 e. The first-order valence-corrected chi connectivity index (χ1v) is 33.3. The third kappa shape index (κ3) is 59.4. The van der Waals surface area contributed by atoms with E-state index in [4.69, 9.17) is 9.05 Å². The largest absolute Gasteiger partial charge is 0.472 e. The molecule has 0 aliphatic rings. The molecule has 0 saturated carbocycles. The van der Waals surface area contributed by atoms with E-state index in [2.05, 4.69) is 79.9 Å². The molecule has 0 aromatic carbocycles. The summed E-state index contributed by atoms with van der Waals surface area (Å²) in [5.74, 6) is -0.180. The van der Waals surface area contributed by atoms with E-state index in [1.165, 1.54) is 199 Å². The maximum absolute atomic E-state index is 13.0. The van der Waals surface area contributed by atoms with Crippen molar-refractivity contribution in [1.29, 1.82) is 0 Å². The maximum Gasteiger partial charge on any atom is 0.472 e. The second-order valence-electron chi connectivity index (χ2n) is 22.8. The van der Waals surface area contributed by atoms with Crippen molar-refractivity contribution in [3.63, 3.8) is 0 Å². The van der Waals surface area contributed by atoms with Gasteiger partial charge in [-0.05, 0) is 64.2 Å². The van der Waals surface area contributed by atoms with Crippen LogP contribution in [0.2, 0.25) is 0 Å². The minimum absolute atomic E-state index is 0.0589. The molecule has 3 atom stereocenters. The van der Waals surface area contributed by atoms with Crippen molar-refractivity contribution < 1.29 is 32.9 Å². The summed E-state index contributed by atoms with van der Waals surface area (Å²) in [7, 11) is 1.57. The molecule has 0 bridgehead atoms. The number of hydrogen-bond donors (Lipinski definition) is 3. The van der Waals surface area contributed by atoms with E-state index in [0.717, 1.165) is 70.6 Å². The highest BCUT2D eigenvalue weighted by molar-refractivity contribution is 7.47. The summed E-state index contributed by atoms with van der Waals surface area (Å²) < 4.78 is 23.8. The molecule has 0 aromatic rings. The second kappa shape index (κ2) is 56.7. The van der Waals surface area contributed by atoms with Crippen LogP contribution >= 0.6 is 7.82 Å². The van der Waals surface area contributed by atoms with Crippen LogP contribution in [0, 0.1) is 0 Å². The van der Waals surface area contributed by atoms with Gasteiger partial charge in [0.1, 0.15) is 13.2 Å². The highest BCUT2D eigenvalue weighted by atomic mass is 31.2. The molecule has 75 heavy (non-hydrogen) atoms. The van der Waals surface area contributed by atoms with Crippen LogP contribution in [0.25, 0.3) is 0 Å². The van der Waals surface area contributed by atoms with Crippen LogP contribution in [0.1, 0.15) is 290 Å². The van der Waals surface area contributed by atoms with Crippen molar-refractivity contribution in [1.82, 2.24) is 5.32 Å². The Hall–Kier alpha value is -2.06. The fraction of sp³-hybridized carbons (Fsp3) is 0.803. The van der Waals surface area contributed by atoms with Gasteiger partial charge in [-0.2, -0.15) is 0 Å². The zero-order valence-corrected chi connectivity index (χ0v) is 50.9. The first-order valence-electron chi connectivity index (χ1n) is 31.8. The number of carbonyl (C=O) groups excluding carboxylic acids is 1. The molecule has 3 unspecified atom stereocenters. The summed E-state index contributed by atoms with van der Waals surface area (Å²) >= 11 is 0. The van der Waals surface area contributed by atoms with Crippen molar-refractivity contribution in [2.45, 2.75) is 302 Å². The van der Waals surface area contributed by atoms with Gasteiger partial charge in [0.15, 0.2) is 0 Å². The normalized spacial score (nSPS) is 14.3. The van der Waals surface area contributed by atoms with Crippen molar-refractivity contribution in [2.75, 3.05) is 40.9 Å². The predicted molar refractivity (Wildman–Crippen MR) is 327 cm³/mol. The van der Waals surface area contributed by atoms with E-state index in [1.807, 2.05) is 27.2 Å². The van der Waals surface area contributed by atoms with Gasteiger partial charge in [-0.3, -0.25) is 13.8 Å². The Morgan fingerprint density at radius 1 is 0.467 bits per heavy atom. The van der Waals surface area contributed by atoms with Crippen LogP contribution < -0.4 is 5.32 Å². The van der Waals surface area contributed by atoms with E-state index >= 15 is 0 Å².